The molecule has 1 aromatic carbocycles. The fourth-order valence-corrected chi connectivity index (χ4v) is 3.51. The molecule has 2 rings (SSSR count). The predicted molar refractivity (Wildman–Crippen MR) is 82.5 cm³/mol. The third kappa shape index (κ3) is 3.50. The number of nitrogens with two attached hydrogens (primary N) is 1. The van der Waals surface area contributed by atoms with Crippen molar-refractivity contribution in [3.63, 3.8) is 0 Å². The highest BCUT2D eigenvalue weighted by Gasteiger charge is 2.30. The number of likely N-dealkylation sites (tertiary alicyclic amines) is 1. The van der Waals surface area contributed by atoms with E-state index >= 15 is 0 Å². The van der Waals surface area contributed by atoms with E-state index in [-0.39, 0.29) is 0 Å². The maximum absolute atomic E-state index is 6.43. The van der Waals surface area contributed by atoms with Gasteiger partial charge in [0.1, 0.15) is 0 Å². The standard InChI is InChI=1S/C16H25ClN2/c1-2-10-19-11-6-5-7-13(12-18)16(19)14-8-3-4-9-15(14)17/h3-4,8-9,13,16H,2,5-7,10-12,18H2,1H3. The quantitative estimate of drug-likeness (QED) is 0.908. The van der Waals surface area contributed by atoms with Crippen LogP contribution in [-0.2, 0) is 0 Å². The van der Waals surface area contributed by atoms with E-state index in [1.807, 2.05) is 12.1 Å². The normalized spacial score (nSPS) is 25.2. The van der Waals surface area contributed by atoms with Crippen molar-refractivity contribution in [2.24, 2.45) is 11.7 Å². The van der Waals surface area contributed by atoms with E-state index in [1.165, 1.54) is 37.8 Å². The Hall–Kier alpha value is -0.570. The second-order valence-electron chi connectivity index (χ2n) is 5.49. The van der Waals surface area contributed by atoms with Gasteiger partial charge in [-0.3, -0.25) is 4.90 Å². The first-order valence-electron chi connectivity index (χ1n) is 7.46. The Morgan fingerprint density at radius 1 is 1.32 bits per heavy atom. The summed E-state index contributed by atoms with van der Waals surface area (Å²) >= 11 is 6.43. The topological polar surface area (TPSA) is 29.3 Å². The zero-order valence-corrected chi connectivity index (χ0v) is 12.6. The molecule has 0 spiro atoms. The fraction of sp³-hybridized carbons (Fsp3) is 0.625. The Morgan fingerprint density at radius 2 is 2.11 bits per heavy atom. The summed E-state index contributed by atoms with van der Waals surface area (Å²) in [5, 5.41) is 0.883. The van der Waals surface area contributed by atoms with E-state index in [0.717, 1.165) is 18.1 Å². The minimum Gasteiger partial charge on any atom is -0.330 e. The third-order valence-electron chi connectivity index (χ3n) is 4.15. The number of benzene rings is 1. The summed E-state index contributed by atoms with van der Waals surface area (Å²) in [5.41, 5.74) is 7.30. The van der Waals surface area contributed by atoms with Gasteiger partial charge in [0.2, 0.25) is 0 Å². The first kappa shape index (κ1) is 14.8. The van der Waals surface area contributed by atoms with E-state index in [1.54, 1.807) is 0 Å². The van der Waals surface area contributed by atoms with E-state index < -0.39 is 0 Å². The molecular weight excluding hydrogens is 256 g/mol. The van der Waals surface area contributed by atoms with Crippen LogP contribution in [-0.4, -0.2) is 24.5 Å². The van der Waals surface area contributed by atoms with Crippen LogP contribution in [0.5, 0.6) is 0 Å². The van der Waals surface area contributed by atoms with Crippen LogP contribution in [0, 0.1) is 5.92 Å². The average molecular weight is 281 g/mol. The molecule has 1 aliphatic rings. The summed E-state index contributed by atoms with van der Waals surface area (Å²) < 4.78 is 0. The van der Waals surface area contributed by atoms with Crippen molar-refractivity contribution < 1.29 is 0 Å². The zero-order valence-electron chi connectivity index (χ0n) is 11.8. The molecule has 1 heterocycles. The van der Waals surface area contributed by atoms with Gasteiger partial charge in [0.25, 0.3) is 0 Å². The average Bonchev–Trinajstić information content (AvgIpc) is 2.62. The Labute approximate surface area is 121 Å². The summed E-state index contributed by atoms with van der Waals surface area (Å²) in [5.74, 6) is 0.522. The van der Waals surface area contributed by atoms with Crippen LogP contribution in [0.2, 0.25) is 5.02 Å². The Kier molecular flexibility index (Phi) is 5.68. The molecule has 0 aliphatic carbocycles. The first-order chi connectivity index (χ1) is 9.27. The lowest BCUT2D eigenvalue weighted by Crippen LogP contribution is -2.36. The molecule has 2 N–H and O–H groups in total. The Balaban J connectivity index is 2.34. The van der Waals surface area contributed by atoms with E-state index in [2.05, 4.69) is 24.0 Å². The van der Waals surface area contributed by atoms with Gasteiger partial charge in [-0.15, -0.1) is 0 Å². The highest BCUT2D eigenvalue weighted by Crippen LogP contribution is 2.37. The second kappa shape index (κ2) is 7.28. The van der Waals surface area contributed by atoms with Crippen LogP contribution in [0.3, 0.4) is 0 Å². The molecule has 1 aromatic rings. The minimum atomic E-state index is 0.390. The SMILES string of the molecule is CCCN1CCCCC(CN)C1c1ccccc1Cl. The van der Waals surface area contributed by atoms with Crippen LogP contribution < -0.4 is 5.73 Å². The number of rotatable bonds is 4. The molecule has 0 amide bonds. The van der Waals surface area contributed by atoms with Crippen molar-refractivity contribution >= 4 is 11.6 Å². The lowest BCUT2D eigenvalue weighted by atomic mass is 9.89. The molecule has 1 saturated heterocycles. The van der Waals surface area contributed by atoms with Gasteiger partial charge in [-0.1, -0.05) is 43.1 Å². The number of nitrogens with zero attached hydrogens (tertiary/aromatic N) is 1. The van der Waals surface area contributed by atoms with E-state index in [4.69, 9.17) is 17.3 Å². The summed E-state index contributed by atoms with van der Waals surface area (Å²) in [6.45, 7) is 5.29. The molecular formula is C16H25ClN2. The molecule has 3 heteroatoms. The second-order valence-corrected chi connectivity index (χ2v) is 5.90. The first-order valence-corrected chi connectivity index (χ1v) is 7.84. The van der Waals surface area contributed by atoms with Crippen LogP contribution >= 0.6 is 11.6 Å². The fourth-order valence-electron chi connectivity index (χ4n) is 3.27. The largest absolute Gasteiger partial charge is 0.330 e. The van der Waals surface area contributed by atoms with Gasteiger partial charge in [0.05, 0.1) is 0 Å². The van der Waals surface area contributed by atoms with Gasteiger partial charge < -0.3 is 5.73 Å². The van der Waals surface area contributed by atoms with Gasteiger partial charge in [-0.05, 0) is 56.4 Å². The summed E-state index contributed by atoms with van der Waals surface area (Å²) in [6, 6.07) is 8.65. The van der Waals surface area contributed by atoms with Crippen LogP contribution in [0.25, 0.3) is 0 Å². The monoisotopic (exact) mass is 280 g/mol. The molecule has 2 atom stereocenters. The van der Waals surface area contributed by atoms with E-state index in [0.29, 0.717) is 12.0 Å². The van der Waals surface area contributed by atoms with Gasteiger partial charge >= 0.3 is 0 Å². The van der Waals surface area contributed by atoms with Crippen LogP contribution in [0.15, 0.2) is 24.3 Å². The number of hydrogen-bond acceptors (Lipinski definition) is 2. The smallest absolute Gasteiger partial charge is 0.0453 e. The van der Waals surface area contributed by atoms with E-state index in [9.17, 15) is 0 Å². The summed E-state index contributed by atoms with van der Waals surface area (Å²) in [4.78, 5) is 2.59. The predicted octanol–water partition coefficient (Wildman–Crippen LogP) is 3.85. The van der Waals surface area contributed by atoms with Gasteiger partial charge in [-0.2, -0.15) is 0 Å². The number of halogens is 1. The van der Waals surface area contributed by atoms with Crippen molar-refractivity contribution in [1.82, 2.24) is 4.90 Å². The van der Waals surface area contributed by atoms with Gasteiger partial charge in [0, 0.05) is 11.1 Å². The van der Waals surface area contributed by atoms with Crippen molar-refractivity contribution in [3.8, 4) is 0 Å². The summed E-state index contributed by atoms with van der Waals surface area (Å²) in [7, 11) is 0. The molecule has 2 nitrogen and oxygen atoms in total. The third-order valence-corrected chi connectivity index (χ3v) is 4.49. The molecule has 0 radical (unpaired) electrons. The lowest BCUT2D eigenvalue weighted by molar-refractivity contribution is 0.158. The van der Waals surface area contributed by atoms with Crippen molar-refractivity contribution in [1.29, 1.82) is 0 Å². The Bertz CT molecular complexity index is 394. The molecule has 106 valence electrons. The molecule has 2 unspecified atom stereocenters. The van der Waals surface area contributed by atoms with Crippen molar-refractivity contribution in [2.75, 3.05) is 19.6 Å². The molecule has 1 fully saturated rings. The van der Waals surface area contributed by atoms with Gasteiger partial charge in [-0.25, -0.2) is 0 Å². The summed E-state index contributed by atoms with van der Waals surface area (Å²) in [6.07, 6.45) is 4.95. The Morgan fingerprint density at radius 3 is 2.79 bits per heavy atom. The lowest BCUT2D eigenvalue weighted by Gasteiger charge is -2.35. The van der Waals surface area contributed by atoms with Crippen LogP contribution in [0.1, 0.15) is 44.2 Å². The van der Waals surface area contributed by atoms with Crippen molar-refractivity contribution in [3.05, 3.63) is 34.9 Å². The maximum Gasteiger partial charge on any atom is 0.0453 e. The highest BCUT2D eigenvalue weighted by atomic mass is 35.5. The van der Waals surface area contributed by atoms with Crippen LogP contribution in [0.4, 0.5) is 0 Å². The number of hydrogen-bond donors (Lipinski definition) is 1. The zero-order chi connectivity index (χ0) is 13.7. The maximum atomic E-state index is 6.43. The molecule has 0 saturated carbocycles. The molecule has 19 heavy (non-hydrogen) atoms. The molecule has 1 aliphatic heterocycles. The highest BCUT2D eigenvalue weighted by molar-refractivity contribution is 6.31. The van der Waals surface area contributed by atoms with Crippen molar-refractivity contribution in [2.45, 2.75) is 38.6 Å². The molecule has 0 aromatic heterocycles. The minimum absolute atomic E-state index is 0.390. The molecule has 0 bridgehead atoms. The van der Waals surface area contributed by atoms with Gasteiger partial charge in [0.15, 0.2) is 0 Å².